The number of nitrogens with zero attached hydrogens (tertiary/aromatic N) is 3. The second-order valence-corrected chi connectivity index (χ2v) is 7.12. The average molecular weight is 457 g/mol. The average Bonchev–Trinajstić information content (AvgIpc) is 3.28. The number of halogens is 3. The number of rotatable bonds is 5. The summed E-state index contributed by atoms with van der Waals surface area (Å²) < 4.78 is 36.7. The highest BCUT2D eigenvalue weighted by atomic mass is 19.4. The summed E-state index contributed by atoms with van der Waals surface area (Å²) in [4.78, 5) is 40.8. The lowest BCUT2D eigenvalue weighted by Crippen LogP contribution is -2.54. The predicted molar refractivity (Wildman–Crippen MR) is 104 cm³/mol. The first kappa shape index (κ1) is 24.9. The number of pyridine rings is 1. The summed E-state index contributed by atoms with van der Waals surface area (Å²) in [5, 5.41) is 16.7. The molecule has 1 aliphatic heterocycles. The first-order valence-corrected chi connectivity index (χ1v) is 9.46. The van der Waals surface area contributed by atoms with Crippen LogP contribution in [0.15, 0.2) is 47.5 Å². The van der Waals surface area contributed by atoms with E-state index in [0.29, 0.717) is 25.1 Å². The van der Waals surface area contributed by atoms with Crippen molar-refractivity contribution in [2.75, 3.05) is 13.6 Å². The van der Waals surface area contributed by atoms with Crippen LogP contribution in [0.5, 0.6) is 0 Å². The number of likely N-dealkylation sites (tertiary alicyclic amines) is 1. The van der Waals surface area contributed by atoms with Crippen molar-refractivity contribution in [2.24, 2.45) is 0 Å². The molecule has 1 aliphatic rings. The Morgan fingerprint density at radius 1 is 1.28 bits per heavy atom. The van der Waals surface area contributed by atoms with E-state index in [4.69, 9.17) is 14.3 Å². The first-order chi connectivity index (χ1) is 15.0. The van der Waals surface area contributed by atoms with E-state index in [-0.39, 0.29) is 11.9 Å². The van der Waals surface area contributed by atoms with Gasteiger partial charge in [-0.15, -0.1) is 0 Å². The highest BCUT2D eigenvalue weighted by Gasteiger charge is 2.39. The van der Waals surface area contributed by atoms with E-state index in [1.54, 1.807) is 12.3 Å². The number of carbonyl (C=O) groups excluding carboxylic acids is 1. The van der Waals surface area contributed by atoms with E-state index in [9.17, 15) is 27.9 Å². The number of aromatic nitrogens is 1. The smallest absolute Gasteiger partial charge is 0.480 e. The van der Waals surface area contributed by atoms with Gasteiger partial charge in [-0.1, -0.05) is 6.07 Å². The van der Waals surface area contributed by atoms with Crippen molar-refractivity contribution in [3.05, 3.63) is 54.2 Å². The van der Waals surface area contributed by atoms with Crippen molar-refractivity contribution >= 4 is 17.8 Å². The van der Waals surface area contributed by atoms with Crippen molar-refractivity contribution in [3.8, 4) is 0 Å². The summed E-state index contributed by atoms with van der Waals surface area (Å²) in [6.07, 6.45) is 2.34. The zero-order valence-electron chi connectivity index (χ0n) is 17.0. The Morgan fingerprint density at radius 2 is 1.97 bits per heavy atom. The molecule has 174 valence electrons. The minimum atomic E-state index is -5.08. The van der Waals surface area contributed by atoms with Crippen molar-refractivity contribution in [2.45, 2.75) is 37.6 Å². The number of carboxylic acids is 2. The van der Waals surface area contributed by atoms with Gasteiger partial charge in [0.15, 0.2) is 0 Å². The van der Waals surface area contributed by atoms with Gasteiger partial charge >= 0.3 is 18.1 Å². The summed E-state index contributed by atoms with van der Waals surface area (Å²) in [7, 11) is 1.98. The topological polar surface area (TPSA) is 124 Å². The maximum absolute atomic E-state index is 12.5. The van der Waals surface area contributed by atoms with Crippen LogP contribution in [-0.2, 0) is 16.1 Å². The van der Waals surface area contributed by atoms with Crippen molar-refractivity contribution in [3.63, 3.8) is 0 Å². The van der Waals surface area contributed by atoms with Gasteiger partial charge in [-0.25, -0.2) is 9.59 Å². The SMILES string of the molecule is CN(Cc1cccnc1)C1CCN(C(=O)c2ccoc2)C(C(=O)O)C1.O=C(O)C(F)(F)F. The van der Waals surface area contributed by atoms with E-state index in [1.165, 1.54) is 17.4 Å². The van der Waals surface area contributed by atoms with Crippen LogP contribution in [-0.4, -0.2) is 74.7 Å². The van der Waals surface area contributed by atoms with Crippen molar-refractivity contribution < 1.29 is 42.2 Å². The van der Waals surface area contributed by atoms with E-state index in [1.807, 2.05) is 25.4 Å². The van der Waals surface area contributed by atoms with Gasteiger partial charge in [0.2, 0.25) is 0 Å². The van der Waals surface area contributed by atoms with E-state index in [0.717, 1.165) is 12.0 Å². The summed E-state index contributed by atoms with van der Waals surface area (Å²) in [6.45, 7) is 1.10. The quantitative estimate of drug-likeness (QED) is 0.702. The van der Waals surface area contributed by atoms with Crippen molar-refractivity contribution in [1.82, 2.24) is 14.8 Å². The molecule has 32 heavy (non-hydrogen) atoms. The standard InChI is InChI=1S/C18H21N3O4.C2HF3O2/c1-20(11-13-3-2-6-19-10-13)15-4-7-21(16(9-15)18(23)24)17(22)14-5-8-25-12-14;3-2(4,5)1(6)7/h2-3,5-6,8,10,12,15-16H,4,7,9,11H2,1H3,(H,23,24);(H,6,7). The van der Waals surface area contributed by atoms with Gasteiger partial charge in [0.05, 0.1) is 11.8 Å². The highest BCUT2D eigenvalue weighted by molar-refractivity contribution is 5.96. The number of hydrogen-bond acceptors (Lipinski definition) is 6. The van der Waals surface area contributed by atoms with Crippen LogP contribution in [0.1, 0.15) is 28.8 Å². The number of hydrogen-bond donors (Lipinski definition) is 2. The molecule has 9 nitrogen and oxygen atoms in total. The monoisotopic (exact) mass is 457 g/mol. The van der Waals surface area contributed by atoms with Crippen LogP contribution in [0.3, 0.4) is 0 Å². The lowest BCUT2D eigenvalue weighted by atomic mass is 9.95. The number of carboxylic acid groups (broad SMARTS) is 2. The molecule has 12 heteroatoms. The Kier molecular flexibility index (Phi) is 8.35. The lowest BCUT2D eigenvalue weighted by molar-refractivity contribution is -0.192. The van der Waals surface area contributed by atoms with Gasteiger partial charge in [0.1, 0.15) is 12.3 Å². The molecule has 0 spiro atoms. The van der Waals surface area contributed by atoms with Gasteiger partial charge in [-0.3, -0.25) is 14.7 Å². The number of furan rings is 1. The zero-order valence-corrected chi connectivity index (χ0v) is 17.0. The summed E-state index contributed by atoms with van der Waals surface area (Å²) in [5.41, 5.74) is 1.46. The summed E-state index contributed by atoms with van der Waals surface area (Å²) >= 11 is 0. The molecule has 2 aromatic rings. The highest BCUT2D eigenvalue weighted by Crippen LogP contribution is 2.24. The largest absolute Gasteiger partial charge is 0.490 e. The Balaban J connectivity index is 0.000000451. The molecule has 2 N–H and O–H groups in total. The molecule has 0 radical (unpaired) electrons. The van der Waals surface area contributed by atoms with Gasteiger partial charge in [0, 0.05) is 31.5 Å². The van der Waals surface area contributed by atoms with Crippen molar-refractivity contribution in [1.29, 1.82) is 0 Å². The molecule has 2 atom stereocenters. The first-order valence-electron chi connectivity index (χ1n) is 9.46. The van der Waals surface area contributed by atoms with Gasteiger partial charge in [0.25, 0.3) is 5.91 Å². The zero-order chi connectivity index (χ0) is 23.9. The Hall–Kier alpha value is -3.41. The molecule has 0 bridgehead atoms. The molecule has 0 aromatic carbocycles. The Labute approximate surface area is 181 Å². The number of amides is 1. The van der Waals surface area contributed by atoms with E-state index in [2.05, 4.69) is 9.88 Å². The molecule has 0 aliphatic carbocycles. The molecule has 2 unspecified atom stereocenters. The van der Waals surface area contributed by atoms with Crippen LogP contribution < -0.4 is 0 Å². The summed E-state index contributed by atoms with van der Waals surface area (Å²) in [6, 6.07) is 4.69. The Morgan fingerprint density at radius 3 is 2.47 bits per heavy atom. The fourth-order valence-electron chi connectivity index (χ4n) is 3.29. The Bertz CT molecular complexity index is 905. The van der Waals surface area contributed by atoms with E-state index < -0.39 is 24.2 Å². The number of alkyl halides is 3. The van der Waals surface area contributed by atoms with Crippen LogP contribution >= 0.6 is 0 Å². The van der Waals surface area contributed by atoms with Crippen LogP contribution in [0.25, 0.3) is 0 Å². The van der Waals surface area contributed by atoms with Gasteiger partial charge < -0.3 is 19.5 Å². The second kappa shape index (κ2) is 10.8. The predicted octanol–water partition coefficient (Wildman–Crippen LogP) is 2.50. The molecular formula is C20H22F3N3O6. The van der Waals surface area contributed by atoms with E-state index >= 15 is 0 Å². The third kappa shape index (κ3) is 6.80. The number of aliphatic carboxylic acids is 2. The number of carbonyl (C=O) groups is 3. The van der Waals surface area contributed by atoms with Gasteiger partial charge in [-0.05, 0) is 37.6 Å². The maximum atomic E-state index is 12.5. The minimum Gasteiger partial charge on any atom is -0.480 e. The number of piperidine rings is 1. The molecule has 0 saturated carbocycles. The minimum absolute atomic E-state index is 0.0923. The molecule has 1 fully saturated rings. The molecule has 1 amide bonds. The second-order valence-electron chi connectivity index (χ2n) is 7.12. The van der Waals surface area contributed by atoms with Crippen LogP contribution in [0.2, 0.25) is 0 Å². The van der Waals surface area contributed by atoms with Crippen LogP contribution in [0.4, 0.5) is 13.2 Å². The molecule has 3 heterocycles. The van der Waals surface area contributed by atoms with Crippen LogP contribution in [0, 0.1) is 0 Å². The third-order valence-corrected chi connectivity index (χ3v) is 4.91. The summed E-state index contributed by atoms with van der Waals surface area (Å²) in [5.74, 6) is -4.03. The third-order valence-electron chi connectivity index (χ3n) is 4.91. The normalized spacial score (nSPS) is 18.6. The maximum Gasteiger partial charge on any atom is 0.490 e. The van der Waals surface area contributed by atoms with Gasteiger partial charge in [-0.2, -0.15) is 13.2 Å². The lowest BCUT2D eigenvalue weighted by Gasteiger charge is -2.40. The fourth-order valence-corrected chi connectivity index (χ4v) is 3.29. The molecule has 1 saturated heterocycles. The fraction of sp³-hybridized carbons (Fsp3) is 0.400. The molecule has 2 aromatic heterocycles. The molecular weight excluding hydrogens is 435 g/mol. The molecule has 3 rings (SSSR count).